The minimum absolute atomic E-state index is 0.0414. The lowest BCUT2D eigenvalue weighted by atomic mass is 10.0. The first-order chi connectivity index (χ1) is 17.2. The second kappa shape index (κ2) is 10.4. The number of hydrogen-bond acceptors (Lipinski definition) is 5. The molecule has 0 radical (unpaired) electrons. The van der Waals surface area contributed by atoms with E-state index < -0.39 is 46.1 Å². The largest absolute Gasteiger partial charge is 0.505 e. The number of aryl methyl sites for hydroxylation is 1. The predicted octanol–water partition coefficient (Wildman–Crippen LogP) is 4.63. The molecule has 3 heterocycles. The van der Waals surface area contributed by atoms with E-state index in [2.05, 4.69) is 9.97 Å². The summed E-state index contributed by atoms with van der Waals surface area (Å²) >= 11 is 0. The third kappa shape index (κ3) is 4.80. The molecule has 10 heteroatoms. The molecule has 1 atom stereocenters. The molecule has 0 spiro atoms. The molecule has 1 aliphatic rings. The normalized spacial score (nSPS) is 15.4. The third-order valence-electron chi connectivity index (χ3n) is 6.48. The van der Waals surface area contributed by atoms with Crippen LogP contribution in [0.5, 0.6) is 5.75 Å². The number of aromatic hydroxyl groups is 1. The molecule has 0 saturated carbocycles. The number of anilines is 2. The van der Waals surface area contributed by atoms with Crippen molar-refractivity contribution in [3.63, 3.8) is 0 Å². The quantitative estimate of drug-likeness (QED) is 0.494. The maximum absolute atomic E-state index is 14.6. The number of para-hydroxylation sites is 1. The van der Waals surface area contributed by atoms with Gasteiger partial charge in [-0.2, -0.15) is 0 Å². The van der Waals surface area contributed by atoms with Gasteiger partial charge in [0.2, 0.25) is 0 Å². The number of unbranched alkanes of at least 4 members (excludes halogenated alkanes) is 1. The van der Waals surface area contributed by atoms with Crippen molar-refractivity contribution in [2.45, 2.75) is 38.5 Å². The molecule has 7 nitrogen and oxygen atoms in total. The highest BCUT2D eigenvalue weighted by molar-refractivity contribution is 5.99. The van der Waals surface area contributed by atoms with Crippen LogP contribution < -0.4 is 10.5 Å². The van der Waals surface area contributed by atoms with Crippen molar-refractivity contribution in [3.05, 3.63) is 81.3 Å². The van der Waals surface area contributed by atoms with Gasteiger partial charge in [0.1, 0.15) is 28.7 Å². The van der Waals surface area contributed by atoms with Gasteiger partial charge in [0.05, 0.1) is 17.6 Å². The number of halogens is 3. The zero-order valence-electron chi connectivity index (χ0n) is 20.0. The Balaban J connectivity index is 1.71. The fraction of sp³-hybridized carbons (Fsp3) is 0.346. The number of carbonyl (C=O) groups is 1. The molecule has 1 fully saturated rings. The summed E-state index contributed by atoms with van der Waals surface area (Å²) in [5.41, 5.74) is -0.503. The van der Waals surface area contributed by atoms with Crippen LogP contribution in [0.2, 0.25) is 0 Å². The topological polar surface area (TPSA) is 89.5 Å². The van der Waals surface area contributed by atoms with Crippen molar-refractivity contribution in [1.82, 2.24) is 14.9 Å². The molecule has 1 aliphatic heterocycles. The van der Waals surface area contributed by atoms with E-state index in [0.29, 0.717) is 25.0 Å². The Morgan fingerprint density at radius 1 is 1.25 bits per heavy atom. The van der Waals surface area contributed by atoms with Gasteiger partial charge in [-0.05, 0) is 31.4 Å². The first-order valence-electron chi connectivity index (χ1n) is 11.8. The number of rotatable bonds is 7. The van der Waals surface area contributed by atoms with Crippen molar-refractivity contribution in [1.29, 1.82) is 0 Å². The number of likely N-dealkylation sites (tertiary alicyclic amines) is 1. The zero-order valence-corrected chi connectivity index (χ0v) is 20.0. The van der Waals surface area contributed by atoms with Gasteiger partial charge in [0.15, 0.2) is 5.75 Å². The van der Waals surface area contributed by atoms with Gasteiger partial charge in [-0.3, -0.25) is 14.6 Å². The summed E-state index contributed by atoms with van der Waals surface area (Å²) in [4.78, 5) is 35.6. The number of hydrogen-bond donors (Lipinski definition) is 2. The average molecular weight is 501 g/mol. The Labute approximate surface area is 206 Å². The van der Waals surface area contributed by atoms with Crippen molar-refractivity contribution in [2.24, 2.45) is 0 Å². The molecule has 1 amide bonds. The second-order valence-electron chi connectivity index (χ2n) is 8.88. The Bertz CT molecular complexity index is 1340. The maximum atomic E-state index is 14.6. The van der Waals surface area contributed by atoms with Gasteiger partial charge in [0.25, 0.3) is 11.5 Å². The molecule has 1 aromatic carbocycles. The fourth-order valence-corrected chi connectivity index (χ4v) is 4.62. The van der Waals surface area contributed by atoms with E-state index in [0.717, 1.165) is 18.7 Å². The van der Waals surface area contributed by atoms with Gasteiger partial charge in [-0.25, -0.2) is 13.2 Å². The fourth-order valence-electron chi connectivity index (χ4n) is 4.62. The van der Waals surface area contributed by atoms with E-state index in [1.165, 1.54) is 28.0 Å². The molecule has 0 bridgehead atoms. The smallest absolute Gasteiger partial charge is 0.264 e. The van der Waals surface area contributed by atoms with Crippen LogP contribution in [0.4, 0.5) is 24.5 Å². The predicted molar refractivity (Wildman–Crippen MR) is 129 cm³/mol. The Kier molecular flexibility index (Phi) is 7.32. The summed E-state index contributed by atoms with van der Waals surface area (Å²) < 4.78 is 42.0. The number of carbonyl (C=O) groups excluding carboxylic acids is 1. The SMILES string of the molecule is CCCCc1[nH]c(=O)c(C(=O)N2CCC(c3ncc(F)cc3F)C2)c(O)c1N(C)c1ccccc1F. The molecule has 36 heavy (non-hydrogen) atoms. The molecule has 0 aliphatic carbocycles. The van der Waals surface area contributed by atoms with Crippen molar-refractivity contribution >= 4 is 17.3 Å². The average Bonchev–Trinajstić information content (AvgIpc) is 3.32. The van der Waals surface area contributed by atoms with Crippen molar-refractivity contribution in [3.8, 4) is 5.75 Å². The zero-order chi connectivity index (χ0) is 26.0. The number of aromatic amines is 1. The Morgan fingerprint density at radius 2 is 2.00 bits per heavy atom. The van der Waals surface area contributed by atoms with Crippen LogP contribution >= 0.6 is 0 Å². The van der Waals surface area contributed by atoms with E-state index in [4.69, 9.17) is 0 Å². The van der Waals surface area contributed by atoms with Crippen LogP contribution in [-0.4, -0.2) is 46.0 Å². The summed E-state index contributed by atoms with van der Waals surface area (Å²) in [6, 6.07) is 6.72. The van der Waals surface area contributed by atoms with Crippen LogP contribution in [0, 0.1) is 17.5 Å². The minimum atomic E-state index is -0.802. The number of nitrogens with one attached hydrogen (secondary N) is 1. The molecule has 1 unspecified atom stereocenters. The molecular weight excluding hydrogens is 473 g/mol. The monoisotopic (exact) mass is 500 g/mol. The molecule has 2 N–H and O–H groups in total. The minimum Gasteiger partial charge on any atom is -0.505 e. The third-order valence-corrected chi connectivity index (χ3v) is 6.48. The van der Waals surface area contributed by atoms with E-state index in [-0.39, 0.29) is 30.2 Å². The Morgan fingerprint density at radius 3 is 2.69 bits per heavy atom. The van der Waals surface area contributed by atoms with Crippen molar-refractivity contribution < 1.29 is 23.1 Å². The summed E-state index contributed by atoms with van der Waals surface area (Å²) in [7, 11) is 1.55. The van der Waals surface area contributed by atoms with Gasteiger partial charge in [-0.1, -0.05) is 25.5 Å². The highest BCUT2D eigenvalue weighted by Crippen LogP contribution is 2.38. The molecule has 1 saturated heterocycles. The van der Waals surface area contributed by atoms with E-state index in [1.54, 1.807) is 13.1 Å². The lowest BCUT2D eigenvalue weighted by molar-refractivity contribution is 0.0785. The van der Waals surface area contributed by atoms with Crippen LogP contribution in [0.3, 0.4) is 0 Å². The highest BCUT2D eigenvalue weighted by atomic mass is 19.1. The number of H-pyrrole nitrogens is 1. The summed E-state index contributed by atoms with van der Waals surface area (Å²) in [5.74, 6) is -3.90. The van der Waals surface area contributed by atoms with Crippen LogP contribution in [0.1, 0.15) is 53.8 Å². The molecular formula is C26H27F3N4O3. The van der Waals surface area contributed by atoms with Gasteiger partial charge < -0.3 is 19.9 Å². The number of benzene rings is 1. The molecule has 2 aromatic heterocycles. The number of nitrogens with zero attached hydrogens (tertiary/aromatic N) is 3. The number of aromatic nitrogens is 2. The highest BCUT2D eigenvalue weighted by Gasteiger charge is 2.34. The lowest BCUT2D eigenvalue weighted by Crippen LogP contribution is -2.34. The first kappa shape index (κ1) is 25.3. The van der Waals surface area contributed by atoms with Crippen LogP contribution in [0.25, 0.3) is 0 Å². The number of amides is 1. The van der Waals surface area contributed by atoms with E-state index in [1.807, 2.05) is 6.92 Å². The van der Waals surface area contributed by atoms with E-state index >= 15 is 0 Å². The van der Waals surface area contributed by atoms with Crippen molar-refractivity contribution in [2.75, 3.05) is 25.0 Å². The molecule has 4 rings (SSSR count). The second-order valence-corrected chi connectivity index (χ2v) is 8.88. The summed E-state index contributed by atoms with van der Waals surface area (Å²) in [6.07, 6.45) is 3.19. The van der Waals surface area contributed by atoms with E-state index in [9.17, 15) is 27.9 Å². The standard InChI is InChI=1S/C26H27F3N4O3/c1-3-4-8-19-23(32(2)20-9-6-5-7-17(20)28)24(34)21(25(35)31-19)26(36)33-11-10-15(14-33)22-18(29)12-16(27)13-30-22/h5-7,9,12-13,15H,3-4,8,10-11,14H2,1-2H3,(H2,31,34,35). The lowest BCUT2D eigenvalue weighted by Gasteiger charge is -2.26. The maximum Gasteiger partial charge on any atom is 0.264 e. The molecule has 190 valence electrons. The summed E-state index contributed by atoms with van der Waals surface area (Å²) in [6.45, 7) is 2.21. The Hall–Kier alpha value is -3.82. The van der Waals surface area contributed by atoms with Gasteiger partial charge in [-0.15, -0.1) is 0 Å². The molecule has 3 aromatic rings. The van der Waals surface area contributed by atoms with Gasteiger partial charge in [0, 0.05) is 37.8 Å². The van der Waals surface area contributed by atoms with Crippen LogP contribution in [0.15, 0.2) is 41.3 Å². The number of pyridine rings is 2. The van der Waals surface area contributed by atoms with Crippen LogP contribution in [-0.2, 0) is 6.42 Å². The first-order valence-corrected chi connectivity index (χ1v) is 11.8. The summed E-state index contributed by atoms with van der Waals surface area (Å²) in [5, 5.41) is 11.2. The van der Waals surface area contributed by atoms with Gasteiger partial charge >= 0.3 is 0 Å².